The van der Waals surface area contributed by atoms with E-state index < -0.39 is 0 Å². The Morgan fingerprint density at radius 2 is 2.00 bits per heavy atom. The van der Waals surface area contributed by atoms with Gasteiger partial charge < -0.3 is 10.2 Å². The average molecular weight is 437 g/mol. The van der Waals surface area contributed by atoms with Crippen LogP contribution in [-0.4, -0.2) is 47.9 Å². The van der Waals surface area contributed by atoms with Crippen molar-refractivity contribution in [3.8, 4) is 0 Å². The number of hydrogen-bond acceptors (Lipinski definition) is 6. The molecule has 2 aromatic heterocycles. The van der Waals surface area contributed by atoms with Crippen molar-refractivity contribution in [3.05, 3.63) is 33.5 Å². The van der Waals surface area contributed by atoms with Crippen molar-refractivity contribution >= 4 is 64.4 Å². The predicted molar refractivity (Wildman–Crippen MR) is 111 cm³/mol. The lowest BCUT2D eigenvalue weighted by molar-refractivity contribution is -0.131. The van der Waals surface area contributed by atoms with Crippen LogP contribution in [0, 0.1) is 0 Å². The SMILES string of the molecule is CNC1CCN(C(=O)Cc2csc(NC(=O)c3cccs3)n2)CC1.Cl.Cl. The second-order valence-corrected chi connectivity index (χ2v) is 7.50. The van der Waals surface area contributed by atoms with Crippen molar-refractivity contribution in [1.82, 2.24) is 15.2 Å². The van der Waals surface area contributed by atoms with Crippen molar-refractivity contribution in [1.29, 1.82) is 0 Å². The van der Waals surface area contributed by atoms with Crippen LogP contribution in [0.3, 0.4) is 0 Å². The normalized spacial score (nSPS) is 14.3. The quantitative estimate of drug-likeness (QED) is 0.754. The third-order valence-electron chi connectivity index (χ3n) is 4.11. The Bertz CT molecular complexity index is 701. The van der Waals surface area contributed by atoms with Crippen LogP contribution in [0.4, 0.5) is 5.13 Å². The number of rotatable bonds is 5. The number of halogens is 2. The molecule has 0 atom stereocenters. The third kappa shape index (κ3) is 5.92. The van der Waals surface area contributed by atoms with Gasteiger partial charge in [0.15, 0.2) is 5.13 Å². The van der Waals surface area contributed by atoms with Crippen LogP contribution in [0.2, 0.25) is 0 Å². The van der Waals surface area contributed by atoms with Crippen LogP contribution in [0.15, 0.2) is 22.9 Å². The van der Waals surface area contributed by atoms with Crippen LogP contribution in [0.1, 0.15) is 28.2 Å². The molecule has 144 valence electrons. The van der Waals surface area contributed by atoms with Gasteiger partial charge in [-0.3, -0.25) is 14.9 Å². The minimum absolute atomic E-state index is 0. The highest BCUT2D eigenvalue weighted by Crippen LogP contribution is 2.19. The van der Waals surface area contributed by atoms with Crippen molar-refractivity contribution in [2.24, 2.45) is 0 Å². The zero-order valence-corrected chi connectivity index (χ0v) is 17.5. The topological polar surface area (TPSA) is 74.3 Å². The second-order valence-electron chi connectivity index (χ2n) is 5.70. The number of piperidine rings is 1. The van der Waals surface area contributed by atoms with Crippen LogP contribution in [0.5, 0.6) is 0 Å². The summed E-state index contributed by atoms with van der Waals surface area (Å²) in [6, 6.07) is 4.11. The number of anilines is 1. The maximum Gasteiger partial charge on any atom is 0.267 e. The molecule has 0 spiro atoms. The number of thiophene rings is 1. The molecular weight excluding hydrogens is 415 g/mol. The molecule has 0 aromatic carbocycles. The molecule has 10 heteroatoms. The summed E-state index contributed by atoms with van der Waals surface area (Å²) in [5.41, 5.74) is 0.710. The summed E-state index contributed by atoms with van der Waals surface area (Å²) in [6.07, 6.45) is 2.26. The largest absolute Gasteiger partial charge is 0.342 e. The van der Waals surface area contributed by atoms with Gasteiger partial charge in [0.2, 0.25) is 5.91 Å². The van der Waals surface area contributed by atoms with E-state index in [0.717, 1.165) is 25.9 Å². The number of aromatic nitrogens is 1. The predicted octanol–water partition coefficient (Wildman–Crippen LogP) is 3.05. The molecule has 0 radical (unpaired) electrons. The highest BCUT2D eigenvalue weighted by molar-refractivity contribution is 7.14. The Hall–Kier alpha value is -1.19. The fourth-order valence-electron chi connectivity index (χ4n) is 2.70. The molecule has 0 unspecified atom stereocenters. The van der Waals surface area contributed by atoms with E-state index in [1.807, 2.05) is 28.8 Å². The fourth-order valence-corrected chi connectivity index (χ4v) is 4.02. The number of nitrogens with one attached hydrogen (secondary N) is 2. The summed E-state index contributed by atoms with van der Waals surface area (Å²) < 4.78 is 0. The zero-order valence-electron chi connectivity index (χ0n) is 14.3. The first-order valence-electron chi connectivity index (χ1n) is 7.90. The molecule has 2 N–H and O–H groups in total. The summed E-state index contributed by atoms with van der Waals surface area (Å²) in [5, 5.41) is 10.3. The number of thiazole rings is 1. The number of carbonyl (C=O) groups is 2. The number of likely N-dealkylation sites (tertiary alicyclic amines) is 1. The Morgan fingerprint density at radius 3 is 2.62 bits per heavy atom. The number of hydrogen-bond donors (Lipinski definition) is 2. The maximum absolute atomic E-state index is 12.4. The van der Waals surface area contributed by atoms with E-state index in [4.69, 9.17) is 0 Å². The lowest BCUT2D eigenvalue weighted by Crippen LogP contribution is -2.44. The van der Waals surface area contributed by atoms with Crippen LogP contribution in [-0.2, 0) is 11.2 Å². The Balaban J connectivity index is 0.00000169. The standard InChI is InChI=1S/C16H20N4O2S2.2ClH/c1-17-11-4-6-20(7-5-11)14(21)9-12-10-24-16(18-12)19-15(22)13-3-2-8-23-13;;/h2-3,8,10-11,17H,4-7,9H2,1H3,(H,18,19,22);2*1H. The molecular formula is C16H22Cl2N4O2S2. The van der Waals surface area contributed by atoms with Crippen molar-refractivity contribution < 1.29 is 9.59 Å². The molecule has 0 bridgehead atoms. The summed E-state index contributed by atoms with van der Waals surface area (Å²) in [7, 11) is 1.96. The van der Waals surface area contributed by atoms with Gasteiger partial charge in [-0.05, 0) is 31.3 Å². The summed E-state index contributed by atoms with van der Waals surface area (Å²) in [5.74, 6) is -0.0580. The molecule has 2 aromatic rings. The van der Waals surface area contributed by atoms with Gasteiger partial charge in [0.05, 0.1) is 17.0 Å². The number of nitrogens with zero attached hydrogens (tertiary/aromatic N) is 2. The van der Waals surface area contributed by atoms with Crippen LogP contribution in [0.25, 0.3) is 0 Å². The highest BCUT2D eigenvalue weighted by Gasteiger charge is 2.22. The van der Waals surface area contributed by atoms with Gasteiger partial charge in [-0.25, -0.2) is 4.98 Å². The van der Waals surface area contributed by atoms with Crippen molar-refractivity contribution in [2.75, 3.05) is 25.5 Å². The van der Waals surface area contributed by atoms with Gasteiger partial charge in [0, 0.05) is 24.5 Å². The van der Waals surface area contributed by atoms with E-state index >= 15 is 0 Å². The molecule has 6 nitrogen and oxygen atoms in total. The maximum atomic E-state index is 12.4. The molecule has 3 heterocycles. The summed E-state index contributed by atoms with van der Waals surface area (Å²) in [4.78, 5) is 31.3. The van der Waals surface area contributed by atoms with Gasteiger partial charge in [0.1, 0.15) is 0 Å². The third-order valence-corrected chi connectivity index (χ3v) is 5.78. The van der Waals surface area contributed by atoms with Gasteiger partial charge >= 0.3 is 0 Å². The number of carbonyl (C=O) groups excluding carboxylic acids is 2. The molecule has 2 amide bonds. The first-order chi connectivity index (χ1) is 11.7. The smallest absolute Gasteiger partial charge is 0.267 e. The molecule has 0 aliphatic carbocycles. The van der Waals surface area contributed by atoms with Crippen LogP contribution < -0.4 is 10.6 Å². The van der Waals surface area contributed by atoms with E-state index in [9.17, 15) is 9.59 Å². The molecule has 3 rings (SSSR count). The van der Waals surface area contributed by atoms with Gasteiger partial charge in [-0.15, -0.1) is 47.5 Å². The molecule has 1 aliphatic rings. The Kier molecular flexibility index (Phi) is 9.52. The second kappa shape index (κ2) is 10.8. The van der Waals surface area contributed by atoms with E-state index in [-0.39, 0.29) is 43.0 Å². The molecule has 1 aliphatic heterocycles. The monoisotopic (exact) mass is 436 g/mol. The molecule has 26 heavy (non-hydrogen) atoms. The highest BCUT2D eigenvalue weighted by atomic mass is 35.5. The Labute approximate surface area is 173 Å². The van der Waals surface area contributed by atoms with Gasteiger partial charge in [0.25, 0.3) is 5.91 Å². The van der Waals surface area contributed by atoms with E-state index in [2.05, 4.69) is 15.6 Å². The zero-order chi connectivity index (χ0) is 16.9. The summed E-state index contributed by atoms with van der Waals surface area (Å²) in [6.45, 7) is 1.58. The van der Waals surface area contributed by atoms with E-state index in [1.54, 1.807) is 6.07 Å². The molecule has 1 saturated heterocycles. The lowest BCUT2D eigenvalue weighted by atomic mass is 10.0. The van der Waals surface area contributed by atoms with E-state index in [0.29, 0.717) is 21.7 Å². The van der Waals surface area contributed by atoms with E-state index in [1.165, 1.54) is 22.7 Å². The van der Waals surface area contributed by atoms with Crippen molar-refractivity contribution in [2.45, 2.75) is 25.3 Å². The minimum atomic E-state index is -0.161. The van der Waals surface area contributed by atoms with Gasteiger partial charge in [-0.2, -0.15) is 0 Å². The lowest BCUT2D eigenvalue weighted by Gasteiger charge is -2.31. The number of amides is 2. The van der Waals surface area contributed by atoms with Gasteiger partial charge in [-0.1, -0.05) is 6.07 Å². The summed E-state index contributed by atoms with van der Waals surface area (Å²) >= 11 is 2.74. The molecule has 1 fully saturated rings. The first kappa shape index (κ1) is 22.9. The first-order valence-corrected chi connectivity index (χ1v) is 9.66. The van der Waals surface area contributed by atoms with Crippen molar-refractivity contribution in [3.63, 3.8) is 0 Å². The van der Waals surface area contributed by atoms with Crippen LogP contribution >= 0.6 is 47.5 Å². The fraction of sp³-hybridized carbons (Fsp3) is 0.438. The average Bonchev–Trinajstić information content (AvgIpc) is 3.27. The minimum Gasteiger partial charge on any atom is -0.342 e. The molecule has 0 saturated carbocycles. The Morgan fingerprint density at radius 1 is 1.27 bits per heavy atom.